The molecule has 156 valence electrons. The highest BCUT2D eigenvalue weighted by atomic mass is 35.5. The molecule has 1 aromatic carbocycles. The minimum Gasteiger partial charge on any atom is -0.320 e. The first-order valence-electron chi connectivity index (χ1n) is 8.39. The Labute approximate surface area is 178 Å². The van der Waals surface area contributed by atoms with Gasteiger partial charge in [0.25, 0.3) is 5.91 Å². The van der Waals surface area contributed by atoms with Crippen LogP contribution in [0.3, 0.4) is 0 Å². The fourth-order valence-corrected chi connectivity index (χ4v) is 3.21. The Morgan fingerprint density at radius 3 is 2.47 bits per heavy atom. The first kappa shape index (κ1) is 21.8. The second kappa shape index (κ2) is 8.08. The summed E-state index contributed by atoms with van der Waals surface area (Å²) < 4.78 is 40.4. The van der Waals surface area contributed by atoms with Gasteiger partial charge in [-0.15, -0.1) is 0 Å². The van der Waals surface area contributed by atoms with E-state index in [0.29, 0.717) is 16.3 Å². The van der Waals surface area contributed by atoms with E-state index in [1.54, 1.807) is 6.92 Å². The van der Waals surface area contributed by atoms with Gasteiger partial charge in [0.05, 0.1) is 10.7 Å². The molecule has 6 nitrogen and oxygen atoms in total. The van der Waals surface area contributed by atoms with Gasteiger partial charge in [-0.25, -0.2) is 9.67 Å². The van der Waals surface area contributed by atoms with Crippen molar-refractivity contribution in [3.05, 3.63) is 69.1 Å². The van der Waals surface area contributed by atoms with E-state index in [2.05, 4.69) is 15.4 Å². The van der Waals surface area contributed by atoms with Gasteiger partial charge in [-0.05, 0) is 43.7 Å². The van der Waals surface area contributed by atoms with Crippen molar-refractivity contribution in [3.63, 3.8) is 0 Å². The zero-order chi connectivity index (χ0) is 22.2. The van der Waals surface area contributed by atoms with Gasteiger partial charge in [0, 0.05) is 22.8 Å². The second-order valence-electron chi connectivity index (χ2n) is 6.29. The quantitative estimate of drug-likeness (QED) is 0.536. The molecule has 11 heteroatoms. The van der Waals surface area contributed by atoms with Crippen molar-refractivity contribution in [2.75, 3.05) is 5.32 Å². The first-order chi connectivity index (χ1) is 14.0. The standard InChI is InChI=1S/C19H13Cl2F3N4O2/c1-9-6-11(20)7-12(10(2)29)16(9)26-18(30)14-8-15(19(22,23)24)27-28(14)17-13(21)4-3-5-25-17/h3-8H,1-2H3,(H,26,30). The zero-order valence-electron chi connectivity index (χ0n) is 15.5. The molecule has 1 N–H and O–H groups in total. The molecule has 30 heavy (non-hydrogen) atoms. The molecule has 0 aliphatic carbocycles. The van der Waals surface area contributed by atoms with E-state index < -0.39 is 23.5 Å². The smallest absolute Gasteiger partial charge is 0.320 e. The van der Waals surface area contributed by atoms with Crippen LogP contribution in [0.1, 0.15) is 39.0 Å². The highest BCUT2D eigenvalue weighted by Gasteiger charge is 2.36. The predicted octanol–water partition coefficient (Wildman–Crippen LogP) is 5.36. The van der Waals surface area contributed by atoms with Crippen LogP contribution in [0.15, 0.2) is 36.5 Å². The van der Waals surface area contributed by atoms with Gasteiger partial charge >= 0.3 is 6.18 Å². The topological polar surface area (TPSA) is 76.9 Å². The summed E-state index contributed by atoms with van der Waals surface area (Å²) in [5, 5.41) is 6.22. The van der Waals surface area contributed by atoms with Gasteiger partial charge in [-0.1, -0.05) is 23.2 Å². The van der Waals surface area contributed by atoms with Crippen LogP contribution in [-0.2, 0) is 6.18 Å². The summed E-state index contributed by atoms with van der Waals surface area (Å²) in [6.07, 6.45) is -3.50. The summed E-state index contributed by atoms with van der Waals surface area (Å²) >= 11 is 12.0. The van der Waals surface area contributed by atoms with Gasteiger partial charge in [0.2, 0.25) is 0 Å². The summed E-state index contributed by atoms with van der Waals surface area (Å²) in [5.74, 6) is -1.47. The van der Waals surface area contributed by atoms with Gasteiger partial charge in [0.1, 0.15) is 5.69 Å². The summed E-state index contributed by atoms with van der Waals surface area (Å²) in [6.45, 7) is 2.88. The Morgan fingerprint density at radius 2 is 1.87 bits per heavy atom. The molecule has 0 aliphatic heterocycles. The minimum absolute atomic E-state index is 0.00419. The van der Waals surface area contributed by atoms with E-state index in [1.165, 1.54) is 37.4 Å². The van der Waals surface area contributed by atoms with E-state index in [-0.39, 0.29) is 32.9 Å². The zero-order valence-corrected chi connectivity index (χ0v) is 17.0. The number of ketones is 1. The summed E-state index contributed by atoms with van der Waals surface area (Å²) in [7, 11) is 0. The number of carbonyl (C=O) groups is 2. The molecule has 0 fully saturated rings. The number of aromatic nitrogens is 3. The average Bonchev–Trinajstić information content (AvgIpc) is 3.09. The molecule has 0 spiro atoms. The predicted molar refractivity (Wildman–Crippen MR) is 106 cm³/mol. The van der Waals surface area contributed by atoms with Crippen molar-refractivity contribution < 1.29 is 22.8 Å². The number of aryl methyl sites for hydroxylation is 1. The maximum absolute atomic E-state index is 13.2. The molecule has 2 aromatic heterocycles. The number of pyridine rings is 1. The van der Waals surface area contributed by atoms with Crippen LogP contribution in [0.5, 0.6) is 0 Å². The Hall–Kier alpha value is -2.91. The van der Waals surface area contributed by atoms with Crippen molar-refractivity contribution in [2.45, 2.75) is 20.0 Å². The number of nitrogens with zero attached hydrogens (tertiary/aromatic N) is 3. The van der Waals surface area contributed by atoms with Gasteiger partial charge in [0.15, 0.2) is 17.3 Å². The lowest BCUT2D eigenvalue weighted by Gasteiger charge is -2.14. The molecule has 3 aromatic rings. The normalized spacial score (nSPS) is 11.4. The van der Waals surface area contributed by atoms with Gasteiger partial charge in [-0.2, -0.15) is 18.3 Å². The van der Waals surface area contributed by atoms with Crippen molar-refractivity contribution >= 4 is 40.6 Å². The van der Waals surface area contributed by atoms with Crippen molar-refractivity contribution in [1.82, 2.24) is 14.8 Å². The number of hydrogen-bond donors (Lipinski definition) is 1. The number of Topliss-reactive ketones (excluding diaryl/α,β-unsaturated/α-hetero) is 1. The maximum atomic E-state index is 13.2. The third-order valence-electron chi connectivity index (χ3n) is 4.09. The van der Waals surface area contributed by atoms with Crippen LogP contribution in [-0.4, -0.2) is 26.5 Å². The number of amides is 1. The van der Waals surface area contributed by atoms with Gasteiger partial charge < -0.3 is 5.32 Å². The molecular formula is C19H13Cl2F3N4O2. The highest BCUT2D eigenvalue weighted by Crippen LogP contribution is 2.31. The van der Waals surface area contributed by atoms with Crippen LogP contribution >= 0.6 is 23.2 Å². The van der Waals surface area contributed by atoms with E-state index in [1.807, 2.05) is 0 Å². The lowest BCUT2D eigenvalue weighted by molar-refractivity contribution is -0.141. The largest absolute Gasteiger partial charge is 0.435 e. The molecule has 0 saturated carbocycles. The van der Waals surface area contributed by atoms with Crippen LogP contribution in [0, 0.1) is 6.92 Å². The molecule has 0 radical (unpaired) electrons. The molecule has 0 bridgehead atoms. The second-order valence-corrected chi connectivity index (χ2v) is 7.13. The SMILES string of the molecule is CC(=O)c1cc(Cl)cc(C)c1NC(=O)c1cc(C(F)(F)F)nn1-c1ncccc1Cl. The van der Waals surface area contributed by atoms with Crippen LogP contribution < -0.4 is 5.32 Å². The summed E-state index contributed by atoms with van der Waals surface area (Å²) in [4.78, 5) is 28.8. The summed E-state index contributed by atoms with van der Waals surface area (Å²) in [6, 6.07) is 6.34. The molecule has 3 rings (SSSR count). The van der Waals surface area contributed by atoms with Crippen molar-refractivity contribution in [2.24, 2.45) is 0 Å². The van der Waals surface area contributed by atoms with Crippen LogP contribution in [0.4, 0.5) is 18.9 Å². The van der Waals surface area contributed by atoms with E-state index in [4.69, 9.17) is 23.2 Å². The Morgan fingerprint density at radius 1 is 1.17 bits per heavy atom. The molecule has 0 unspecified atom stereocenters. The average molecular weight is 457 g/mol. The fourth-order valence-electron chi connectivity index (χ4n) is 2.74. The van der Waals surface area contributed by atoms with Gasteiger partial charge in [-0.3, -0.25) is 9.59 Å². The number of nitrogens with one attached hydrogen (secondary N) is 1. The van der Waals surface area contributed by atoms with E-state index >= 15 is 0 Å². The van der Waals surface area contributed by atoms with E-state index in [9.17, 15) is 22.8 Å². The summed E-state index contributed by atoms with van der Waals surface area (Å²) in [5.41, 5.74) is -1.06. The number of anilines is 1. The molecular weight excluding hydrogens is 444 g/mol. The Bertz CT molecular complexity index is 1160. The third-order valence-corrected chi connectivity index (χ3v) is 4.60. The molecule has 0 aliphatic rings. The maximum Gasteiger partial charge on any atom is 0.435 e. The van der Waals surface area contributed by atoms with Crippen molar-refractivity contribution in [3.8, 4) is 5.82 Å². The highest BCUT2D eigenvalue weighted by molar-refractivity contribution is 6.32. The molecule has 0 atom stereocenters. The first-order valence-corrected chi connectivity index (χ1v) is 9.15. The Kier molecular flexibility index (Phi) is 5.87. The van der Waals surface area contributed by atoms with E-state index in [0.717, 1.165) is 0 Å². The lowest BCUT2D eigenvalue weighted by atomic mass is 10.0. The number of benzene rings is 1. The number of hydrogen-bond acceptors (Lipinski definition) is 4. The number of halogens is 5. The molecule has 0 saturated heterocycles. The van der Waals surface area contributed by atoms with Crippen molar-refractivity contribution in [1.29, 1.82) is 0 Å². The Balaban J connectivity index is 2.13. The van der Waals surface area contributed by atoms with Crippen LogP contribution in [0.25, 0.3) is 5.82 Å². The minimum atomic E-state index is -4.80. The third kappa shape index (κ3) is 4.31. The molecule has 2 heterocycles. The number of alkyl halides is 3. The fraction of sp³-hybridized carbons (Fsp3) is 0.158. The lowest BCUT2D eigenvalue weighted by Crippen LogP contribution is -2.19. The number of rotatable bonds is 4. The van der Waals surface area contributed by atoms with Crippen LogP contribution in [0.2, 0.25) is 10.0 Å². The molecule has 1 amide bonds. The monoisotopic (exact) mass is 456 g/mol. The number of carbonyl (C=O) groups excluding carboxylic acids is 2.